The van der Waals surface area contributed by atoms with Crippen molar-refractivity contribution in [2.75, 3.05) is 13.2 Å². The molecule has 0 fully saturated rings. The zero-order valence-corrected chi connectivity index (χ0v) is 28.2. The molecule has 5 nitrogen and oxygen atoms in total. The van der Waals surface area contributed by atoms with E-state index in [-0.39, 0.29) is 30.2 Å². The van der Waals surface area contributed by atoms with Crippen molar-refractivity contribution in [3.8, 4) is 22.3 Å². The summed E-state index contributed by atoms with van der Waals surface area (Å²) in [4.78, 5) is 25.6. The van der Waals surface area contributed by atoms with Crippen LogP contribution in [-0.2, 0) is 21.4 Å². The van der Waals surface area contributed by atoms with Gasteiger partial charge in [-0.15, -0.1) is 22.7 Å². The number of aliphatic hydroxyl groups is 1. The number of aliphatic hydroxyl groups excluding tert-OH is 1. The van der Waals surface area contributed by atoms with Crippen molar-refractivity contribution in [1.29, 1.82) is 0 Å². The van der Waals surface area contributed by atoms with E-state index in [1.54, 1.807) is 73.7 Å². The maximum atomic E-state index is 14.1. The minimum atomic E-state index is -0.380. The van der Waals surface area contributed by atoms with Crippen molar-refractivity contribution in [3.63, 3.8) is 0 Å². The van der Waals surface area contributed by atoms with Crippen LogP contribution in [0.5, 0.6) is 0 Å². The van der Waals surface area contributed by atoms with Gasteiger partial charge in [0.1, 0.15) is 11.6 Å². The van der Waals surface area contributed by atoms with Crippen LogP contribution in [0.15, 0.2) is 84.9 Å². The van der Waals surface area contributed by atoms with Crippen LogP contribution in [0.4, 0.5) is 8.78 Å². The first kappa shape index (κ1) is 33.4. The SMILES string of the molecule is CCOC(=O)c1cccc(-c2ccc(F)c3cc(CBr)sc23)c1.CCOC(=O)c1cccc(-c2ccc(F)c3cc(CO)sc23)c1. The van der Waals surface area contributed by atoms with Crippen molar-refractivity contribution in [3.05, 3.63) is 117 Å². The zero-order chi connectivity index (χ0) is 32.8. The second kappa shape index (κ2) is 15.1. The molecule has 1 N–H and O–H groups in total. The Morgan fingerprint density at radius 1 is 0.696 bits per heavy atom. The van der Waals surface area contributed by atoms with E-state index in [4.69, 9.17) is 9.47 Å². The lowest BCUT2D eigenvalue weighted by molar-refractivity contribution is 0.0517. The highest BCUT2D eigenvalue weighted by molar-refractivity contribution is 9.08. The lowest BCUT2D eigenvalue weighted by atomic mass is 10.0. The second-order valence-electron chi connectivity index (χ2n) is 10.00. The van der Waals surface area contributed by atoms with Crippen molar-refractivity contribution >= 4 is 70.7 Å². The lowest BCUT2D eigenvalue weighted by Gasteiger charge is -2.07. The third-order valence-corrected chi connectivity index (χ3v) is 10.3. The van der Waals surface area contributed by atoms with Gasteiger partial charge in [0, 0.05) is 35.3 Å². The number of alkyl halides is 1. The Bertz CT molecular complexity index is 1890. The second-order valence-corrected chi connectivity index (χ2v) is 12.8. The van der Waals surface area contributed by atoms with Crippen LogP contribution in [0.3, 0.4) is 0 Å². The number of carbonyl (C=O) groups is 2. The highest BCUT2D eigenvalue weighted by atomic mass is 79.9. The minimum Gasteiger partial charge on any atom is -0.462 e. The van der Waals surface area contributed by atoms with E-state index in [0.717, 1.165) is 36.5 Å². The number of ether oxygens (including phenoxy) is 2. The standard InChI is InChI=1S/C18H14BrFO2S.C18H15FO3S/c1-2-22-18(21)12-5-3-4-11(8-12)14-6-7-16(20)15-9-13(10-19)23-17(14)15;1-2-22-18(21)12-5-3-4-11(8-12)14-6-7-16(19)15-9-13(10-20)23-17(14)15/h3-9H,2,10H2,1H3;3-9,20H,2,10H2,1H3. The van der Waals surface area contributed by atoms with Gasteiger partial charge in [-0.05, 0) is 84.6 Å². The van der Waals surface area contributed by atoms with Gasteiger partial charge in [-0.1, -0.05) is 52.3 Å². The molecule has 0 saturated heterocycles. The Hall–Kier alpha value is -3.96. The van der Waals surface area contributed by atoms with Crippen molar-refractivity contribution in [1.82, 2.24) is 0 Å². The van der Waals surface area contributed by atoms with Crippen molar-refractivity contribution < 1.29 is 33.0 Å². The predicted molar refractivity (Wildman–Crippen MR) is 185 cm³/mol. The molecule has 6 aromatic rings. The third-order valence-electron chi connectivity index (χ3n) is 7.02. The average molecular weight is 724 g/mol. The Balaban J connectivity index is 0.000000181. The minimum absolute atomic E-state index is 0.124. The van der Waals surface area contributed by atoms with Crippen LogP contribution in [0, 0.1) is 11.6 Å². The number of hydrogen-bond acceptors (Lipinski definition) is 7. The van der Waals surface area contributed by atoms with Crippen molar-refractivity contribution in [2.45, 2.75) is 25.8 Å². The number of benzene rings is 4. The van der Waals surface area contributed by atoms with Crippen LogP contribution in [0.2, 0.25) is 0 Å². The van der Waals surface area contributed by atoms with Crippen LogP contribution in [-0.4, -0.2) is 30.3 Å². The number of carbonyl (C=O) groups excluding carboxylic acids is 2. The van der Waals surface area contributed by atoms with Gasteiger partial charge in [0.2, 0.25) is 0 Å². The first-order valence-corrected chi connectivity index (χ1v) is 17.2. The molecule has 4 aromatic carbocycles. The first-order chi connectivity index (χ1) is 22.3. The van der Waals surface area contributed by atoms with Gasteiger partial charge in [-0.25, -0.2) is 18.4 Å². The summed E-state index contributed by atoms with van der Waals surface area (Å²) in [6.07, 6.45) is 0. The van der Waals surface area contributed by atoms with E-state index in [0.29, 0.717) is 45.3 Å². The number of halogens is 3. The van der Waals surface area contributed by atoms with Crippen LogP contribution in [0.1, 0.15) is 44.3 Å². The summed E-state index contributed by atoms with van der Waals surface area (Å²) in [6.45, 7) is 4.06. The molecule has 0 radical (unpaired) electrons. The van der Waals surface area contributed by atoms with E-state index < -0.39 is 0 Å². The van der Waals surface area contributed by atoms with Gasteiger partial charge in [0.05, 0.1) is 30.9 Å². The Labute approximate surface area is 281 Å². The van der Waals surface area contributed by atoms with Gasteiger partial charge in [0.25, 0.3) is 0 Å². The van der Waals surface area contributed by atoms with E-state index in [2.05, 4.69) is 15.9 Å². The summed E-state index contributed by atoms with van der Waals surface area (Å²) in [5.41, 5.74) is 4.40. The molecule has 236 valence electrons. The van der Waals surface area contributed by atoms with Gasteiger partial charge in [0.15, 0.2) is 0 Å². The molecular formula is C36H29BrF2O5S2. The maximum absolute atomic E-state index is 14.1. The molecule has 2 heterocycles. The van der Waals surface area contributed by atoms with Crippen LogP contribution >= 0.6 is 38.6 Å². The average Bonchev–Trinajstić information content (AvgIpc) is 3.72. The Kier molecular flexibility index (Phi) is 11.0. The molecule has 46 heavy (non-hydrogen) atoms. The van der Waals surface area contributed by atoms with Gasteiger partial charge in [-0.3, -0.25) is 0 Å². The molecule has 0 amide bonds. The number of esters is 2. The molecule has 10 heteroatoms. The smallest absolute Gasteiger partial charge is 0.338 e. The number of rotatable bonds is 8. The quantitative estimate of drug-likeness (QED) is 0.125. The highest BCUT2D eigenvalue weighted by Crippen LogP contribution is 2.38. The summed E-state index contributed by atoms with van der Waals surface area (Å²) < 4.78 is 39.8. The molecule has 0 unspecified atom stereocenters. The fourth-order valence-electron chi connectivity index (χ4n) is 4.94. The van der Waals surface area contributed by atoms with Crippen molar-refractivity contribution in [2.24, 2.45) is 0 Å². The number of fused-ring (bicyclic) bond motifs is 2. The molecule has 2 aromatic heterocycles. The molecular weight excluding hydrogens is 694 g/mol. The Morgan fingerprint density at radius 2 is 1.15 bits per heavy atom. The van der Waals surface area contributed by atoms with Gasteiger partial charge < -0.3 is 14.6 Å². The summed E-state index contributed by atoms with van der Waals surface area (Å²) in [5.74, 6) is -1.27. The number of thiophene rings is 2. The van der Waals surface area contributed by atoms with Gasteiger partial charge in [-0.2, -0.15) is 0 Å². The predicted octanol–water partition coefficient (Wildman–Crippen LogP) is 10.2. The maximum Gasteiger partial charge on any atom is 0.338 e. The summed E-state index contributed by atoms with van der Waals surface area (Å²) in [6, 6.07) is 24.2. The Morgan fingerprint density at radius 3 is 1.59 bits per heavy atom. The summed E-state index contributed by atoms with van der Waals surface area (Å²) in [7, 11) is 0. The van der Waals surface area contributed by atoms with E-state index in [1.807, 2.05) is 24.3 Å². The van der Waals surface area contributed by atoms with E-state index >= 15 is 0 Å². The third kappa shape index (κ3) is 7.20. The number of hydrogen-bond donors (Lipinski definition) is 1. The molecule has 0 aliphatic carbocycles. The molecule has 0 bridgehead atoms. The summed E-state index contributed by atoms with van der Waals surface area (Å²) in [5, 5.41) is 11.1. The lowest BCUT2D eigenvalue weighted by Crippen LogP contribution is -2.04. The van der Waals surface area contributed by atoms with Crippen LogP contribution in [0.25, 0.3) is 42.4 Å². The van der Waals surface area contributed by atoms with Crippen LogP contribution < -0.4 is 0 Å². The van der Waals surface area contributed by atoms with E-state index in [9.17, 15) is 23.5 Å². The molecule has 0 atom stereocenters. The molecule has 0 aliphatic heterocycles. The van der Waals surface area contributed by atoms with Gasteiger partial charge >= 0.3 is 11.9 Å². The topological polar surface area (TPSA) is 72.8 Å². The summed E-state index contributed by atoms with van der Waals surface area (Å²) >= 11 is 6.32. The molecule has 0 aliphatic rings. The highest BCUT2D eigenvalue weighted by Gasteiger charge is 2.15. The molecule has 0 spiro atoms. The largest absolute Gasteiger partial charge is 0.462 e. The molecule has 0 saturated carbocycles. The monoisotopic (exact) mass is 722 g/mol. The first-order valence-electron chi connectivity index (χ1n) is 14.4. The fourth-order valence-corrected chi connectivity index (χ4v) is 7.56. The fraction of sp³-hybridized carbons (Fsp3) is 0.167. The van der Waals surface area contributed by atoms with E-state index in [1.165, 1.54) is 23.5 Å². The zero-order valence-electron chi connectivity index (χ0n) is 24.9. The molecule has 6 rings (SSSR count). The normalized spacial score (nSPS) is 10.9.